The summed E-state index contributed by atoms with van der Waals surface area (Å²) in [7, 11) is 0. The Bertz CT molecular complexity index is 238. The highest BCUT2D eigenvalue weighted by atomic mass is 15.2. The molecule has 0 aromatic carbocycles. The first kappa shape index (κ1) is 13.7. The number of nitrogens with two attached hydrogens (primary N) is 4. The van der Waals surface area contributed by atoms with Crippen LogP contribution in [0.1, 0.15) is 27.7 Å². The number of nitrogens with zero attached hydrogens (tertiary/aromatic N) is 2. The van der Waals surface area contributed by atoms with Crippen LogP contribution < -0.4 is 28.3 Å². The molecule has 0 aliphatic heterocycles. The number of nitrogens with one attached hydrogen (secondary N) is 1. The fourth-order valence-corrected chi connectivity index (χ4v) is 0.808. The van der Waals surface area contributed by atoms with Crippen LogP contribution in [0.15, 0.2) is 9.98 Å². The van der Waals surface area contributed by atoms with Gasteiger partial charge in [-0.15, -0.1) is 0 Å². The molecule has 0 aliphatic carbocycles. The summed E-state index contributed by atoms with van der Waals surface area (Å²) in [6, 6.07) is 0. The summed E-state index contributed by atoms with van der Waals surface area (Å²) >= 11 is 0. The quantitative estimate of drug-likeness (QED) is 0.284. The maximum absolute atomic E-state index is 5.63. The molecule has 0 bridgehead atoms. The zero-order valence-electron chi connectivity index (χ0n) is 9.70. The van der Waals surface area contributed by atoms with Crippen molar-refractivity contribution in [1.29, 1.82) is 0 Å². The molecule has 0 radical (unpaired) electrons. The van der Waals surface area contributed by atoms with Gasteiger partial charge in [-0.1, -0.05) is 0 Å². The lowest BCUT2D eigenvalue weighted by atomic mass is 10.3. The highest BCUT2D eigenvalue weighted by Gasteiger charge is 2.11. The van der Waals surface area contributed by atoms with Crippen molar-refractivity contribution in [2.75, 3.05) is 0 Å². The summed E-state index contributed by atoms with van der Waals surface area (Å²) in [6.45, 7) is 6.84. The Balaban J connectivity index is 4.50. The molecule has 0 spiro atoms. The second-order valence-electron chi connectivity index (χ2n) is 4.43. The lowest BCUT2D eigenvalue weighted by molar-refractivity contribution is 0.544. The second kappa shape index (κ2) is 4.45. The maximum Gasteiger partial charge on any atom is 0.197 e. The van der Waals surface area contributed by atoms with E-state index in [4.69, 9.17) is 22.9 Å². The summed E-state index contributed by atoms with van der Waals surface area (Å²) in [5.41, 5.74) is 20.8. The van der Waals surface area contributed by atoms with E-state index < -0.39 is 11.3 Å². The molecular formula is C8H21N7. The van der Waals surface area contributed by atoms with Gasteiger partial charge < -0.3 is 22.9 Å². The third-order valence-corrected chi connectivity index (χ3v) is 1.07. The molecule has 7 nitrogen and oxygen atoms in total. The number of hydrogen-bond acceptors (Lipinski definition) is 4. The van der Waals surface area contributed by atoms with Crippen molar-refractivity contribution in [3.05, 3.63) is 0 Å². The van der Waals surface area contributed by atoms with Crippen LogP contribution in [0.25, 0.3) is 0 Å². The van der Waals surface area contributed by atoms with E-state index in [1.165, 1.54) is 0 Å². The minimum Gasteiger partial charge on any atom is -0.370 e. The molecule has 88 valence electrons. The molecule has 0 amide bonds. The predicted octanol–water partition coefficient (Wildman–Crippen LogP) is -1.40. The average Bonchev–Trinajstić information content (AvgIpc) is 1.73. The molecule has 0 rings (SSSR count). The normalized spacial score (nSPS) is 15.3. The molecule has 0 aromatic rings. The first-order valence-electron chi connectivity index (χ1n) is 4.55. The Morgan fingerprint density at radius 3 is 1.33 bits per heavy atom. The van der Waals surface area contributed by atoms with E-state index in [0.29, 0.717) is 0 Å². The summed E-state index contributed by atoms with van der Waals surface area (Å²) in [5.74, 6) is 0.209. The van der Waals surface area contributed by atoms with Gasteiger partial charge in [0.1, 0.15) is 11.3 Å². The van der Waals surface area contributed by atoms with Gasteiger partial charge in [0.15, 0.2) is 11.9 Å². The minimum absolute atomic E-state index is 0.105. The van der Waals surface area contributed by atoms with Crippen molar-refractivity contribution in [1.82, 2.24) is 5.32 Å². The van der Waals surface area contributed by atoms with E-state index in [2.05, 4.69) is 15.3 Å². The molecule has 7 heteroatoms. The van der Waals surface area contributed by atoms with E-state index in [9.17, 15) is 0 Å². The lowest BCUT2D eigenvalue weighted by Crippen LogP contribution is -2.46. The van der Waals surface area contributed by atoms with Gasteiger partial charge in [0, 0.05) is 0 Å². The summed E-state index contributed by atoms with van der Waals surface area (Å²) in [5, 5.41) is 2.59. The van der Waals surface area contributed by atoms with Gasteiger partial charge in [-0.05, 0) is 27.7 Å². The first-order valence-corrected chi connectivity index (χ1v) is 4.55. The minimum atomic E-state index is -0.754. The third-order valence-electron chi connectivity index (χ3n) is 1.07. The van der Waals surface area contributed by atoms with Crippen LogP contribution >= 0.6 is 0 Å². The van der Waals surface area contributed by atoms with Crippen LogP contribution in [0.2, 0.25) is 0 Å². The van der Waals surface area contributed by atoms with Crippen LogP contribution in [0.3, 0.4) is 0 Å². The van der Waals surface area contributed by atoms with Gasteiger partial charge in [-0.3, -0.25) is 5.32 Å². The van der Waals surface area contributed by atoms with Crippen molar-refractivity contribution >= 4 is 11.9 Å². The van der Waals surface area contributed by atoms with Crippen molar-refractivity contribution < 1.29 is 0 Å². The monoisotopic (exact) mass is 215 g/mol. The number of aliphatic imine (C=N–C) groups is 2. The van der Waals surface area contributed by atoms with Gasteiger partial charge in [-0.25, -0.2) is 9.98 Å². The SMILES string of the molecule is CC(C)(N)/N=C(\N)N/C(N)=N/C(C)(C)N. The van der Waals surface area contributed by atoms with Gasteiger partial charge in [0.2, 0.25) is 0 Å². The Morgan fingerprint density at radius 2 is 1.13 bits per heavy atom. The Morgan fingerprint density at radius 1 is 0.867 bits per heavy atom. The molecule has 9 N–H and O–H groups in total. The Kier molecular flexibility index (Phi) is 4.06. The summed E-state index contributed by atoms with van der Waals surface area (Å²) in [4.78, 5) is 7.88. The molecule has 0 heterocycles. The lowest BCUT2D eigenvalue weighted by Gasteiger charge is -2.16. The van der Waals surface area contributed by atoms with Crippen molar-refractivity contribution in [2.24, 2.45) is 32.9 Å². The van der Waals surface area contributed by atoms with Gasteiger partial charge in [0.05, 0.1) is 0 Å². The van der Waals surface area contributed by atoms with Crippen LogP contribution in [-0.2, 0) is 0 Å². The average molecular weight is 215 g/mol. The molecule has 0 unspecified atom stereocenters. The molecule has 0 saturated heterocycles. The van der Waals surface area contributed by atoms with Gasteiger partial charge >= 0.3 is 0 Å². The first-order chi connectivity index (χ1) is 6.49. The Hall–Kier alpha value is -1.34. The van der Waals surface area contributed by atoms with E-state index in [0.717, 1.165) is 0 Å². The number of rotatable bonds is 2. The molecule has 0 aromatic heterocycles. The fraction of sp³-hybridized carbons (Fsp3) is 0.750. The highest BCUT2D eigenvalue weighted by Crippen LogP contribution is 1.98. The molecule has 15 heavy (non-hydrogen) atoms. The maximum atomic E-state index is 5.63. The zero-order chi connectivity index (χ0) is 12.3. The topological polar surface area (TPSA) is 141 Å². The zero-order valence-corrected chi connectivity index (χ0v) is 9.70. The smallest absolute Gasteiger partial charge is 0.197 e. The summed E-state index contributed by atoms with van der Waals surface area (Å²) < 4.78 is 0. The third kappa shape index (κ3) is 8.98. The van der Waals surface area contributed by atoms with Crippen LogP contribution in [0, 0.1) is 0 Å². The van der Waals surface area contributed by atoms with E-state index >= 15 is 0 Å². The standard InChI is InChI=1S/C8H21N7/c1-7(2,11)14-5(9)13-6(10)15-8(3,4)12/h11-12H2,1-4H3,(H5,9,10,13,14,15). The second-order valence-corrected chi connectivity index (χ2v) is 4.43. The van der Waals surface area contributed by atoms with E-state index in [1.807, 2.05) is 0 Å². The highest BCUT2D eigenvalue weighted by molar-refractivity contribution is 5.97. The van der Waals surface area contributed by atoms with Crippen molar-refractivity contribution in [3.8, 4) is 0 Å². The predicted molar refractivity (Wildman–Crippen MR) is 62.9 cm³/mol. The van der Waals surface area contributed by atoms with Crippen LogP contribution in [0.5, 0.6) is 0 Å². The van der Waals surface area contributed by atoms with Gasteiger partial charge in [-0.2, -0.15) is 0 Å². The van der Waals surface area contributed by atoms with E-state index in [1.54, 1.807) is 27.7 Å². The molecular weight excluding hydrogens is 194 g/mol. The molecule has 0 atom stereocenters. The summed E-state index contributed by atoms with van der Waals surface area (Å²) in [6.07, 6.45) is 0. The molecule has 0 aliphatic rings. The largest absolute Gasteiger partial charge is 0.370 e. The Labute approximate surface area is 90.0 Å². The number of guanidine groups is 2. The molecule has 0 fully saturated rings. The van der Waals surface area contributed by atoms with Crippen LogP contribution in [0.4, 0.5) is 0 Å². The van der Waals surface area contributed by atoms with Gasteiger partial charge in [0.25, 0.3) is 0 Å². The fourth-order valence-electron chi connectivity index (χ4n) is 0.808. The van der Waals surface area contributed by atoms with Crippen LogP contribution in [-0.4, -0.2) is 23.2 Å². The van der Waals surface area contributed by atoms with E-state index in [-0.39, 0.29) is 11.9 Å². The van der Waals surface area contributed by atoms with Crippen molar-refractivity contribution in [3.63, 3.8) is 0 Å². The van der Waals surface area contributed by atoms with Crippen molar-refractivity contribution in [2.45, 2.75) is 39.0 Å². The number of hydrogen-bond donors (Lipinski definition) is 5. The molecule has 0 saturated carbocycles.